The number of rotatable bonds is 3. The number of Topliss-reactive ketones (excluding diaryl/α,β-unsaturated/α-hetero) is 1. The fourth-order valence-electron chi connectivity index (χ4n) is 3.75. The maximum atomic E-state index is 13.1. The van der Waals surface area contributed by atoms with Crippen LogP contribution in [-0.4, -0.2) is 23.6 Å². The maximum Gasteiger partial charge on any atom is 0.300 e. The molecule has 2 aromatic carbocycles. The molecular weight excluding hydrogens is 386 g/mol. The summed E-state index contributed by atoms with van der Waals surface area (Å²) in [4.78, 5) is 27.4. The Morgan fingerprint density at radius 1 is 1.00 bits per heavy atom. The van der Waals surface area contributed by atoms with Crippen molar-refractivity contribution in [1.82, 2.24) is 0 Å². The largest absolute Gasteiger partial charge is 0.507 e. The first-order valence-corrected chi connectivity index (χ1v) is 9.37. The van der Waals surface area contributed by atoms with E-state index in [9.17, 15) is 14.7 Å². The summed E-state index contributed by atoms with van der Waals surface area (Å²) in [7, 11) is 0. The van der Waals surface area contributed by atoms with Crippen LogP contribution in [0.1, 0.15) is 23.1 Å². The lowest BCUT2D eigenvalue weighted by Crippen LogP contribution is -2.29. The van der Waals surface area contributed by atoms with Gasteiger partial charge in [-0.15, -0.1) is 0 Å². The van der Waals surface area contributed by atoms with Gasteiger partial charge in [-0.1, -0.05) is 30.3 Å². The summed E-state index contributed by atoms with van der Waals surface area (Å²) >= 11 is 0. The molecule has 5 rings (SSSR count). The van der Waals surface area contributed by atoms with Crippen LogP contribution in [0, 0.1) is 6.92 Å². The molecule has 0 radical (unpaired) electrons. The number of aliphatic hydroxyl groups is 1. The monoisotopic (exact) mass is 403 g/mol. The topological polar surface area (TPSA) is 89.2 Å². The van der Waals surface area contributed by atoms with Gasteiger partial charge in [0.05, 0.1) is 5.57 Å². The summed E-state index contributed by atoms with van der Waals surface area (Å²) < 4.78 is 16.5. The van der Waals surface area contributed by atoms with Crippen LogP contribution in [0.4, 0.5) is 5.69 Å². The van der Waals surface area contributed by atoms with Crippen LogP contribution in [0.15, 0.2) is 70.7 Å². The molecule has 1 fully saturated rings. The minimum Gasteiger partial charge on any atom is -0.507 e. The Hall–Kier alpha value is -4.00. The number of fused-ring (bicyclic) bond motifs is 1. The molecule has 30 heavy (non-hydrogen) atoms. The van der Waals surface area contributed by atoms with E-state index < -0.39 is 17.7 Å². The smallest absolute Gasteiger partial charge is 0.300 e. The van der Waals surface area contributed by atoms with E-state index in [4.69, 9.17) is 13.9 Å². The Labute approximate surface area is 171 Å². The van der Waals surface area contributed by atoms with Crippen molar-refractivity contribution in [2.45, 2.75) is 13.0 Å². The first-order valence-electron chi connectivity index (χ1n) is 9.37. The van der Waals surface area contributed by atoms with Crippen LogP contribution < -0.4 is 14.4 Å². The Balaban J connectivity index is 1.70. The van der Waals surface area contributed by atoms with Gasteiger partial charge < -0.3 is 19.0 Å². The van der Waals surface area contributed by atoms with Crippen LogP contribution in [-0.2, 0) is 9.59 Å². The average molecular weight is 403 g/mol. The van der Waals surface area contributed by atoms with E-state index in [1.165, 1.54) is 4.90 Å². The minimum absolute atomic E-state index is 0.0294. The van der Waals surface area contributed by atoms with Gasteiger partial charge >= 0.3 is 0 Å². The van der Waals surface area contributed by atoms with E-state index in [0.717, 1.165) is 0 Å². The molecular formula is C23H17NO6. The quantitative estimate of drug-likeness (QED) is 0.405. The predicted octanol–water partition coefficient (Wildman–Crippen LogP) is 3.94. The van der Waals surface area contributed by atoms with Crippen LogP contribution in [0.5, 0.6) is 11.5 Å². The second-order valence-corrected chi connectivity index (χ2v) is 7.02. The second kappa shape index (κ2) is 6.81. The highest BCUT2D eigenvalue weighted by Crippen LogP contribution is 2.45. The zero-order chi connectivity index (χ0) is 20.8. The van der Waals surface area contributed by atoms with Crippen molar-refractivity contribution in [3.63, 3.8) is 0 Å². The molecule has 7 heteroatoms. The Kier molecular flexibility index (Phi) is 4.10. The molecule has 150 valence electrons. The van der Waals surface area contributed by atoms with E-state index in [1.807, 2.05) is 0 Å². The molecule has 2 aliphatic rings. The number of ketones is 1. The number of carbonyl (C=O) groups excluding carboxylic acids is 2. The molecule has 0 bridgehead atoms. The standard InChI is InChI=1S/C23H17NO6/c1-13-7-9-17(30-13)20-19(21(25)14-5-3-2-4-6-14)22(26)23(27)24(20)15-8-10-16-18(11-15)29-12-28-16/h2-11,20,25H,12H2,1H3/b21-19-. The van der Waals surface area contributed by atoms with Gasteiger partial charge in [-0.2, -0.15) is 0 Å². The van der Waals surface area contributed by atoms with Gasteiger partial charge in [-0.3, -0.25) is 14.5 Å². The highest BCUT2D eigenvalue weighted by atomic mass is 16.7. The third kappa shape index (κ3) is 2.75. The fraction of sp³-hybridized carbons (Fsp3) is 0.130. The van der Waals surface area contributed by atoms with Gasteiger partial charge in [-0.25, -0.2) is 0 Å². The van der Waals surface area contributed by atoms with Crippen LogP contribution >= 0.6 is 0 Å². The third-order valence-electron chi connectivity index (χ3n) is 5.16. The molecule has 1 saturated heterocycles. The summed E-state index contributed by atoms with van der Waals surface area (Å²) in [6.45, 7) is 1.86. The van der Waals surface area contributed by atoms with Gasteiger partial charge in [-0.05, 0) is 31.2 Å². The number of hydrogen-bond donors (Lipinski definition) is 1. The van der Waals surface area contributed by atoms with E-state index in [-0.39, 0.29) is 18.1 Å². The van der Waals surface area contributed by atoms with Crippen molar-refractivity contribution in [3.05, 3.63) is 83.3 Å². The summed E-state index contributed by atoms with van der Waals surface area (Å²) in [6.07, 6.45) is 0. The van der Waals surface area contributed by atoms with Gasteiger partial charge in [0.2, 0.25) is 6.79 Å². The molecule has 0 spiro atoms. The van der Waals surface area contributed by atoms with Gasteiger partial charge in [0.15, 0.2) is 11.5 Å². The summed E-state index contributed by atoms with van der Waals surface area (Å²) in [5.74, 6) is 0.245. The van der Waals surface area contributed by atoms with E-state index in [0.29, 0.717) is 34.3 Å². The lowest BCUT2D eigenvalue weighted by Gasteiger charge is -2.23. The lowest BCUT2D eigenvalue weighted by atomic mass is 9.99. The van der Waals surface area contributed by atoms with E-state index in [1.54, 1.807) is 67.6 Å². The van der Waals surface area contributed by atoms with Crippen molar-refractivity contribution in [2.75, 3.05) is 11.7 Å². The molecule has 1 aromatic heterocycles. The maximum absolute atomic E-state index is 13.1. The molecule has 3 aromatic rings. The van der Waals surface area contributed by atoms with E-state index >= 15 is 0 Å². The molecule has 0 aliphatic carbocycles. The Bertz CT molecular complexity index is 1190. The molecule has 2 aliphatic heterocycles. The number of carbonyl (C=O) groups is 2. The fourth-order valence-corrected chi connectivity index (χ4v) is 3.75. The van der Waals surface area contributed by atoms with Crippen molar-refractivity contribution in [3.8, 4) is 11.5 Å². The van der Waals surface area contributed by atoms with Gasteiger partial charge in [0.1, 0.15) is 23.3 Å². The molecule has 0 saturated carbocycles. The second-order valence-electron chi connectivity index (χ2n) is 7.02. The summed E-state index contributed by atoms with van der Waals surface area (Å²) in [6, 6.07) is 16.2. The number of aliphatic hydroxyl groups excluding tert-OH is 1. The number of hydrogen-bond acceptors (Lipinski definition) is 6. The zero-order valence-corrected chi connectivity index (χ0v) is 16.0. The minimum atomic E-state index is -0.917. The number of amides is 1. The third-order valence-corrected chi connectivity index (χ3v) is 5.16. The number of ether oxygens (including phenoxy) is 2. The molecule has 1 N–H and O–H groups in total. The van der Waals surface area contributed by atoms with E-state index in [2.05, 4.69) is 0 Å². The molecule has 1 amide bonds. The summed E-state index contributed by atoms with van der Waals surface area (Å²) in [5.41, 5.74) is 0.847. The predicted molar refractivity (Wildman–Crippen MR) is 107 cm³/mol. The highest BCUT2D eigenvalue weighted by molar-refractivity contribution is 6.51. The first kappa shape index (κ1) is 18.1. The number of aryl methyl sites for hydroxylation is 1. The van der Waals surface area contributed by atoms with Gasteiger partial charge in [0.25, 0.3) is 11.7 Å². The number of benzene rings is 2. The van der Waals surface area contributed by atoms with Crippen molar-refractivity contribution < 1.29 is 28.6 Å². The Morgan fingerprint density at radius 2 is 1.77 bits per heavy atom. The highest BCUT2D eigenvalue weighted by Gasteiger charge is 2.48. The number of anilines is 1. The number of nitrogens with zero attached hydrogens (tertiary/aromatic N) is 1. The zero-order valence-electron chi connectivity index (χ0n) is 16.0. The first-order chi connectivity index (χ1) is 14.5. The lowest BCUT2D eigenvalue weighted by molar-refractivity contribution is -0.132. The number of furan rings is 1. The Morgan fingerprint density at radius 3 is 2.50 bits per heavy atom. The average Bonchev–Trinajstić information content (AvgIpc) is 3.46. The van der Waals surface area contributed by atoms with Crippen LogP contribution in [0.25, 0.3) is 5.76 Å². The van der Waals surface area contributed by atoms with Gasteiger partial charge in [0, 0.05) is 17.3 Å². The normalized spacial score (nSPS) is 19.5. The molecule has 7 nitrogen and oxygen atoms in total. The van der Waals surface area contributed by atoms with Crippen molar-refractivity contribution in [1.29, 1.82) is 0 Å². The van der Waals surface area contributed by atoms with Crippen molar-refractivity contribution >= 4 is 23.1 Å². The van der Waals surface area contributed by atoms with Crippen molar-refractivity contribution in [2.24, 2.45) is 0 Å². The SMILES string of the molecule is Cc1ccc(C2/C(=C(/O)c3ccccc3)C(=O)C(=O)N2c2ccc3c(c2)OCO3)o1. The molecule has 3 heterocycles. The molecule has 1 unspecified atom stereocenters. The van der Waals surface area contributed by atoms with Crippen LogP contribution in [0.3, 0.4) is 0 Å². The van der Waals surface area contributed by atoms with Crippen LogP contribution in [0.2, 0.25) is 0 Å². The summed E-state index contributed by atoms with van der Waals surface area (Å²) in [5, 5.41) is 11.0. The molecule has 1 atom stereocenters.